The fraction of sp³-hybridized carbons (Fsp3) is 0.240. The minimum atomic E-state index is 0.0281. The van der Waals surface area contributed by atoms with Crippen molar-refractivity contribution >= 4 is 23.6 Å². The Labute approximate surface area is 177 Å². The first-order chi connectivity index (χ1) is 14.4. The van der Waals surface area contributed by atoms with Crippen LogP contribution < -0.4 is 5.32 Å². The van der Waals surface area contributed by atoms with E-state index in [4.69, 9.17) is 5.26 Å². The fourth-order valence-corrected chi connectivity index (χ4v) is 3.67. The Morgan fingerprint density at radius 2 is 1.90 bits per heavy atom. The number of fused-ring (bicyclic) bond motifs is 1. The van der Waals surface area contributed by atoms with Gasteiger partial charge in [0.05, 0.1) is 11.6 Å². The molecule has 1 N–H and O–H groups in total. The van der Waals surface area contributed by atoms with E-state index in [1.807, 2.05) is 56.4 Å². The van der Waals surface area contributed by atoms with Gasteiger partial charge in [0.2, 0.25) is 12.3 Å². The van der Waals surface area contributed by atoms with Crippen LogP contribution in [0.5, 0.6) is 0 Å². The number of nitriles is 1. The van der Waals surface area contributed by atoms with Gasteiger partial charge in [-0.05, 0) is 72.7 Å². The van der Waals surface area contributed by atoms with Crippen molar-refractivity contribution < 1.29 is 9.59 Å². The summed E-state index contributed by atoms with van der Waals surface area (Å²) in [5.41, 5.74) is 7.89. The molecule has 0 bridgehead atoms. The number of hydrogen-bond acceptors (Lipinski definition) is 3. The second kappa shape index (κ2) is 9.23. The molecule has 0 fully saturated rings. The molecule has 0 atom stereocenters. The summed E-state index contributed by atoms with van der Waals surface area (Å²) in [6, 6.07) is 13.7. The largest absolute Gasteiger partial charge is 0.326 e. The third kappa shape index (κ3) is 4.84. The summed E-state index contributed by atoms with van der Waals surface area (Å²) in [5.74, 6) is 0.0281. The number of carbonyl (C=O) groups is 2. The highest BCUT2D eigenvalue weighted by atomic mass is 16.1. The maximum atomic E-state index is 11.9. The zero-order valence-corrected chi connectivity index (χ0v) is 17.5. The highest BCUT2D eigenvalue weighted by molar-refractivity contribution is 5.95. The Bertz CT molecular complexity index is 1070. The summed E-state index contributed by atoms with van der Waals surface area (Å²) in [4.78, 5) is 24.7. The molecule has 1 aliphatic heterocycles. The van der Waals surface area contributed by atoms with Crippen LogP contribution in [0, 0.1) is 11.3 Å². The molecular formula is C25H25N3O2. The van der Waals surface area contributed by atoms with Gasteiger partial charge in [-0.1, -0.05) is 29.8 Å². The van der Waals surface area contributed by atoms with Gasteiger partial charge in [0.25, 0.3) is 0 Å². The lowest BCUT2D eigenvalue weighted by Gasteiger charge is -2.24. The number of hydrogen-bond donors (Lipinski definition) is 1. The molecular weight excluding hydrogens is 374 g/mol. The topological polar surface area (TPSA) is 73.2 Å². The van der Waals surface area contributed by atoms with Crippen molar-refractivity contribution in [2.24, 2.45) is 0 Å². The van der Waals surface area contributed by atoms with E-state index >= 15 is 0 Å². The molecule has 0 radical (unpaired) electrons. The zero-order chi connectivity index (χ0) is 21.7. The van der Waals surface area contributed by atoms with Gasteiger partial charge in [-0.25, -0.2) is 0 Å². The number of carbonyl (C=O) groups excluding carboxylic acids is 2. The smallest absolute Gasteiger partial charge is 0.224 e. The van der Waals surface area contributed by atoms with Gasteiger partial charge in [-0.3, -0.25) is 9.59 Å². The number of amides is 2. The van der Waals surface area contributed by atoms with E-state index in [0.717, 1.165) is 45.5 Å². The summed E-state index contributed by atoms with van der Waals surface area (Å²) in [7, 11) is 1.71. The van der Waals surface area contributed by atoms with Crippen LogP contribution in [-0.2, 0) is 22.4 Å². The van der Waals surface area contributed by atoms with Crippen LogP contribution in [0.2, 0.25) is 0 Å². The molecule has 0 saturated heterocycles. The molecule has 1 aliphatic rings. The molecule has 0 aromatic heterocycles. The van der Waals surface area contributed by atoms with E-state index < -0.39 is 0 Å². The maximum absolute atomic E-state index is 11.9. The Kier molecular flexibility index (Phi) is 6.48. The molecule has 5 nitrogen and oxygen atoms in total. The van der Waals surface area contributed by atoms with Crippen molar-refractivity contribution in [3.8, 4) is 6.07 Å². The Balaban J connectivity index is 2.17. The third-order valence-electron chi connectivity index (χ3n) is 5.04. The standard InChI is InChI=1S/C25H25N3O2/c1-17(2)12-20(15-28(3)16-29)21-8-10-24-22(9-11-25(30)27-24)23(21)13-18-4-6-19(14-26)7-5-18/h4-8,10,12,15-16H,9,11,13H2,1-3H3,(H,27,30)/b20-15+. The minimum absolute atomic E-state index is 0.0281. The van der Waals surface area contributed by atoms with E-state index in [1.54, 1.807) is 7.05 Å². The molecule has 1 heterocycles. The molecule has 2 amide bonds. The molecule has 0 aliphatic carbocycles. The number of allylic oxidation sites excluding steroid dienone is 3. The molecule has 0 spiro atoms. The van der Waals surface area contributed by atoms with Crippen LogP contribution in [0.3, 0.4) is 0 Å². The summed E-state index contributed by atoms with van der Waals surface area (Å²) >= 11 is 0. The summed E-state index contributed by atoms with van der Waals surface area (Å²) in [5, 5.41) is 12.1. The Hall–Kier alpha value is -3.65. The monoisotopic (exact) mass is 399 g/mol. The molecule has 2 aromatic carbocycles. The lowest BCUT2D eigenvalue weighted by molar-refractivity contribution is -0.116. The normalized spacial score (nSPS) is 13.0. The van der Waals surface area contributed by atoms with E-state index in [2.05, 4.69) is 17.5 Å². The van der Waals surface area contributed by atoms with E-state index in [9.17, 15) is 9.59 Å². The molecule has 2 aromatic rings. The van der Waals surface area contributed by atoms with E-state index in [-0.39, 0.29) is 5.91 Å². The molecule has 3 rings (SSSR count). The van der Waals surface area contributed by atoms with Crippen LogP contribution in [0.1, 0.15) is 48.1 Å². The molecule has 5 heteroatoms. The molecule has 30 heavy (non-hydrogen) atoms. The van der Waals surface area contributed by atoms with Crippen LogP contribution >= 0.6 is 0 Å². The fourth-order valence-electron chi connectivity index (χ4n) is 3.67. The van der Waals surface area contributed by atoms with Crippen LogP contribution in [0.15, 0.2) is 54.2 Å². The first-order valence-corrected chi connectivity index (χ1v) is 9.89. The SMILES string of the molecule is CC(C)=C/C(=C\N(C)C=O)c1ccc2c(c1Cc1ccc(C#N)cc1)CCC(=O)N2. The van der Waals surface area contributed by atoms with Gasteiger partial charge in [-0.2, -0.15) is 5.26 Å². The predicted molar refractivity (Wildman–Crippen MR) is 119 cm³/mol. The average Bonchev–Trinajstić information content (AvgIpc) is 2.73. The van der Waals surface area contributed by atoms with Gasteiger partial charge in [0.15, 0.2) is 0 Å². The zero-order valence-electron chi connectivity index (χ0n) is 17.5. The van der Waals surface area contributed by atoms with Gasteiger partial charge < -0.3 is 10.2 Å². The number of anilines is 1. The van der Waals surface area contributed by atoms with Gasteiger partial charge in [0.1, 0.15) is 0 Å². The average molecular weight is 399 g/mol. The van der Waals surface area contributed by atoms with Crippen molar-refractivity contribution in [3.63, 3.8) is 0 Å². The van der Waals surface area contributed by atoms with Crippen molar-refractivity contribution in [1.82, 2.24) is 4.90 Å². The van der Waals surface area contributed by atoms with Crippen molar-refractivity contribution in [1.29, 1.82) is 5.26 Å². The van der Waals surface area contributed by atoms with Crippen molar-refractivity contribution in [2.45, 2.75) is 33.1 Å². The third-order valence-corrected chi connectivity index (χ3v) is 5.04. The number of nitrogens with zero attached hydrogens (tertiary/aromatic N) is 2. The molecule has 152 valence electrons. The van der Waals surface area contributed by atoms with E-state index in [0.29, 0.717) is 24.8 Å². The van der Waals surface area contributed by atoms with Gasteiger partial charge >= 0.3 is 0 Å². The van der Waals surface area contributed by atoms with E-state index in [1.165, 1.54) is 4.90 Å². The second-order valence-corrected chi connectivity index (χ2v) is 7.73. The quantitative estimate of drug-likeness (QED) is 0.577. The summed E-state index contributed by atoms with van der Waals surface area (Å²) < 4.78 is 0. The summed E-state index contributed by atoms with van der Waals surface area (Å²) in [6.45, 7) is 4.04. The molecule has 0 unspecified atom stereocenters. The van der Waals surface area contributed by atoms with Crippen LogP contribution in [0.4, 0.5) is 5.69 Å². The maximum Gasteiger partial charge on any atom is 0.224 e. The second-order valence-electron chi connectivity index (χ2n) is 7.73. The number of rotatable bonds is 6. The Morgan fingerprint density at radius 3 is 2.53 bits per heavy atom. The van der Waals surface area contributed by atoms with Crippen LogP contribution in [0.25, 0.3) is 5.57 Å². The lowest BCUT2D eigenvalue weighted by Crippen LogP contribution is -2.21. The van der Waals surface area contributed by atoms with Gasteiger partial charge in [0, 0.05) is 25.4 Å². The molecule has 0 saturated carbocycles. The number of nitrogens with one attached hydrogen (secondary N) is 1. The van der Waals surface area contributed by atoms with Crippen LogP contribution in [-0.4, -0.2) is 24.3 Å². The number of benzene rings is 2. The van der Waals surface area contributed by atoms with Crippen molar-refractivity contribution in [3.05, 3.63) is 82.1 Å². The van der Waals surface area contributed by atoms with Gasteiger partial charge in [-0.15, -0.1) is 0 Å². The predicted octanol–water partition coefficient (Wildman–Crippen LogP) is 4.43. The first-order valence-electron chi connectivity index (χ1n) is 9.89. The Morgan fingerprint density at radius 1 is 1.17 bits per heavy atom. The first kappa shape index (κ1) is 21.1. The summed E-state index contributed by atoms with van der Waals surface area (Å²) in [6.07, 6.45) is 6.45. The highest BCUT2D eigenvalue weighted by Gasteiger charge is 2.21. The van der Waals surface area contributed by atoms with Crippen molar-refractivity contribution in [2.75, 3.05) is 12.4 Å². The minimum Gasteiger partial charge on any atom is -0.326 e. The lowest BCUT2D eigenvalue weighted by atomic mass is 9.86. The highest BCUT2D eigenvalue weighted by Crippen LogP contribution is 2.34.